The Kier molecular flexibility index (Phi) is 4.97. The van der Waals surface area contributed by atoms with E-state index in [1.165, 1.54) is 24.3 Å². The number of anilines is 2. The first-order valence-corrected chi connectivity index (χ1v) is 8.26. The Morgan fingerprint density at radius 1 is 1.16 bits per heavy atom. The first-order chi connectivity index (χ1) is 12.0. The molecule has 1 aliphatic rings. The molecule has 3 N–H and O–H groups in total. The highest BCUT2D eigenvalue weighted by atomic mass is 19.1. The lowest BCUT2D eigenvalue weighted by molar-refractivity contribution is -0.120. The van der Waals surface area contributed by atoms with Crippen molar-refractivity contribution in [2.45, 2.75) is 25.3 Å². The fraction of sp³-hybridized carbons (Fsp3) is 0.263. The zero-order valence-electron chi connectivity index (χ0n) is 13.7. The molecule has 0 bridgehead atoms. The molecule has 0 radical (unpaired) electrons. The van der Waals surface area contributed by atoms with Crippen LogP contribution in [0, 0.1) is 5.82 Å². The molecule has 1 atom stereocenters. The summed E-state index contributed by atoms with van der Waals surface area (Å²) in [6, 6.07) is 12.2. The van der Waals surface area contributed by atoms with E-state index in [-0.39, 0.29) is 11.7 Å². The number of nitrogens with one attached hydrogen (secondary N) is 1. The molecule has 1 saturated heterocycles. The zero-order valence-corrected chi connectivity index (χ0v) is 13.7. The molecule has 1 aliphatic heterocycles. The van der Waals surface area contributed by atoms with Gasteiger partial charge in [-0.3, -0.25) is 9.59 Å². The lowest BCUT2D eigenvalue weighted by Gasteiger charge is -2.27. The number of piperidine rings is 1. The van der Waals surface area contributed by atoms with Gasteiger partial charge in [-0.05, 0) is 48.7 Å². The van der Waals surface area contributed by atoms with E-state index in [1.54, 1.807) is 11.0 Å². The minimum Gasteiger partial charge on any atom is -0.370 e. The van der Waals surface area contributed by atoms with E-state index in [1.807, 2.05) is 18.2 Å². The normalized spacial score (nSPS) is 15.7. The van der Waals surface area contributed by atoms with Gasteiger partial charge in [0.25, 0.3) is 0 Å². The molecule has 2 aromatic carbocycles. The van der Waals surface area contributed by atoms with E-state index in [0.717, 1.165) is 18.5 Å². The summed E-state index contributed by atoms with van der Waals surface area (Å²) in [7, 11) is 0. The van der Waals surface area contributed by atoms with Gasteiger partial charge in [-0.25, -0.2) is 4.39 Å². The number of hydrogen-bond acceptors (Lipinski definition) is 3. The Morgan fingerprint density at radius 2 is 1.92 bits per heavy atom. The molecule has 6 heteroatoms. The highest BCUT2D eigenvalue weighted by molar-refractivity contribution is 5.94. The number of carbonyl (C=O) groups excluding carboxylic acids is 2. The molecule has 5 nitrogen and oxygen atoms in total. The number of nitrogens with two attached hydrogens (primary N) is 1. The van der Waals surface area contributed by atoms with Crippen molar-refractivity contribution < 1.29 is 14.0 Å². The standard InChI is InChI=1S/C19H20FN3O2/c20-14-9-7-13(8-10-14)18(19(21)25)22-15-4-3-5-16(12-15)23-11-2-1-6-17(23)24/h3-5,7-10,12,18,22H,1-2,6,11H2,(H2,21,25). The van der Waals surface area contributed by atoms with E-state index in [2.05, 4.69) is 5.32 Å². The van der Waals surface area contributed by atoms with Gasteiger partial charge in [0.05, 0.1) is 0 Å². The number of hydrogen-bond donors (Lipinski definition) is 2. The van der Waals surface area contributed by atoms with Crippen LogP contribution in [0.15, 0.2) is 48.5 Å². The summed E-state index contributed by atoms with van der Waals surface area (Å²) >= 11 is 0. The van der Waals surface area contributed by atoms with Crippen molar-refractivity contribution in [1.29, 1.82) is 0 Å². The van der Waals surface area contributed by atoms with E-state index in [0.29, 0.717) is 24.2 Å². The molecular weight excluding hydrogens is 321 g/mol. The van der Waals surface area contributed by atoms with Crippen LogP contribution in [-0.4, -0.2) is 18.4 Å². The summed E-state index contributed by atoms with van der Waals surface area (Å²) in [6.45, 7) is 0.694. The summed E-state index contributed by atoms with van der Waals surface area (Å²) in [5.41, 5.74) is 7.53. The zero-order chi connectivity index (χ0) is 17.8. The fourth-order valence-corrected chi connectivity index (χ4v) is 2.98. The van der Waals surface area contributed by atoms with Crippen LogP contribution in [-0.2, 0) is 9.59 Å². The van der Waals surface area contributed by atoms with Gasteiger partial charge in [0.2, 0.25) is 11.8 Å². The van der Waals surface area contributed by atoms with Gasteiger partial charge < -0.3 is 16.0 Å². The van der Waals surface area contributed by atoms with Gasteiger partial charge in [-0.15, -0.1) is 0 Å². The fourth-order valence-electron chi connectivity index (χ4n) is 2.98. The minimum absolute atomic E-state index is 0.105. The second-order valence-electron chi connectivity index (χ2n) is 6.08. The quantitative estimate of drug-likeness (QED) is 0.878. The first-order valence-electron chi connectivity index (χ1n) is 8.26. The highest BCUT2D eigenvalue weighted by Gasteiger charge is 2.21. The second-order valence-corrected chi connectivity index (χ2v) is 6.08. The maximum Gasteiger partial charge on any atom is 0.244 e. The predicted octanol–water partition coefficient (Wildman–Crippen LogP) is 2.98. The number of amides is 2. The summed E-state index contributed by atoms with van der Waals surface area (Å²) in [6.07, 6.45) is 2.45. The monoisotopic (exact) mass is 341 g/mol. The second kappa shape index (κ2) is 7.34. The van der Waals surface area contributed by atoms with E-state index in [4.69, 9.17) is 5.73 Å². The maximum absolute atomic E-state index is 13.1. The number of benzene rings is 2. The van der Waals surface area contributed by atoms with Crippen molar-refractivity contribution in [2.24, 2.45) is 5.73 Å². The van der Waals surface area contributed by atoms with Gasteiger partial charge >= 0.3 is 0 Å². The van der Waals surface area contributed by atoms with Gasteiger partial charge in [-0.2, -0.15) is 0 Å². The largest absolute Gasteiger partial charge is 0.370 e. The average Bonchev–Trinajstić information content (AvgIpc) is 2.61. The smallest absolute Gasteiger partial charge is 0.244 e. The van der Waals surface area contributed by atoms with Crippen molar-refractivity contribution in [3.63, 3.8) is 0 Å². The van der Waals surface area contributed by atoms with Crippen molar-refractivity contribution >= 4 is 23.2 Å². The summed E-state index contributed by atoms with van der Waals surface area (Å²) in [4.78, 5) is 25.7. The molecule has 1 fully saturated rings. The van der Waals surface area contributed by atoms with Crippen molar-refractivity contribution in [3.05, 3.63) is 59.9 Å². The lowest BCUT2D eigenvalue weighted by Crippen LogP contribution is -2.35. The van der Waals surface area contributed by atoms with Crippen LogP contribution < -0.4 is 16.0 Å². The Morgan fingerprint density at radius 3 is 2.60 bits per heavy atom. The number of primary amides is 1. The number of rotatable bonds is 5. The molecule has 25 heavy (non-hydrogen) atoms. The van der Waals surface area contributed by atoms with E-state index >= 15 is 0 Å². The van der Waals surface area contributed by atoms with Gasteiger partial charge in [-0.1, -0.05) is 18.2 Å². The highest BCUT2D eigenvalue weighted by Crippen LogP contribution is 2.26. The minimum atomic E-state index is -0.784. The van der Waals surface area contributed by atoms with Crippen LogP contribution >= 0.6 is 0 Å². The molecule has 2 amide bonds. The lowest BCUT2D eigenvalue weighted by atomic mass is 10.1. The number of halogens is 1. The molecule has 2 aromatic rings. The van der Waals surface area contributed by atoms with Crippen LogP contribution in [0.5, 0.6) is 0 Å². The van der Waals surface area contributed by atoms with E-state index < -0.39 is 11.9 Å². The predicted molar refractivity (Wildman–Crippen MR) is 94.6 cm³/mol. The van der Waals surface area contributed by atoms with Crippen LogP contribution in [0.4, 0.5) is 15.8 Å². The molecule has 3 rings (SSSR count). The molecule has 0 spiro atoms. The summed E-state index contributed by atoms with van der Waals surface area (Å²) in [5.74, 6) is -0.836. The number of nitrogens with zero attached hydrogens (tertiary/aromatic N) is 1. The molecule has 0 aromatic heterocycles. The van der Waals surface area contributed by atoms with Crippen LogP contribution in [0.1, 0.15) is 30.9 Å². The molecule has 1 heterocycles. The molecule has 1 unspecified atom stereocenters. The van der Waals surface area contributed by atoms with Crippen LogP contribution in [0.25, 0.3) is 0 Å². The van der Waals surface area contributed by atoms with E-state index in [9.17, 15) is 14.0 Å². The first kappa shape index (κ1) is 17.0. The molecule has 130 valence electrons. The molecule has 0 saturated carbocycles. The van der Waals surface area contributed by atoms with Gasteiger partial charge in [0.15, 0.2) is 0 Å². The topological polar surface area (TPSA) is 75.4 Å². The maximum atomic E-state index is 13.1. The van der Waals surface area contributed by atoms with Crippen molar-refractivity contribution in [2.75, 3.05) is 16.8 Å². The molecule has 0 aliphatic carbocycles. The van der Waals surface area contributed by atoms with Crippen molar-refractivity contribution in [1.82, 2.24) is 0 Å². The molecular formula is C19H20FN3O2. The Bertz CT molecular complexity index is 776. The number of carbonyl (C=O) groups is 2. The average molecular weight is 341 g/mol. The third-order valence-corrected chi connectivity index (χ3v) is 4.28. The van der Waals surface area contributed by atoms with Crippen LogP contribution in [0.2, 0.25) is 0 Å². The van der Waals surface area contributed by atoms with Crippen LogP contribution in [0.3, 0.4) is 0 Å². The third kappa shape index (κ3) is 3.96. The van der Waals surface area contributed by atoms with Gasteiger partial charge in [0, 0.05) is 24.3 Å². The summed E-state index contributed by atoms with van der Waals surface area (Å²) in [5, 5.41) is 3.07. The summed E-state index contributed by atoms with van der Waals surface area (Å²) < 4.78 is 13.1. The van der Waals surface area contributed by atoms with Gasteiger partial charge in [0.1, 0.15) is 11.9 Å². The Hall–Kier alpha value is -2.89. The Balaban J connectivity index is 1.83. The SMILES string of the molecule is NC(=O)C(Nc1cccc(N2CCCCC2=O)c1)c1ccc(F)cc1. The third-order valence-electron chi connectivity index (χ3n) is 4.28. The van der Waals surface area contributed by atoms with Crippen molar-refractivity contribution in [3.8, 4) is 0 Å². The Labute approximate surface area is 145 Å².